The quantitative estimate of drug-likeness (QED) is 0.828. The molecular weight excluding hydrogens is 316 g/mol. The summed E-state index contributed by atoms with van der Waals surface area (Å²) in [5.41, 5.74) is 0.910. The van der Waals surface area contributed by atoms with Gasteiger partial charge in [-0.25, -0.2) is 0 Å². The Morgan fingerprint density at radius 3 is 2.68 bits per heavy atom. The summed E-state index contributed by atoms with van der Waals surface area (Å²) in [4.78, 5) is 5.05. The van der Waals surface area contributed by atoms with Gasteiger partial charge in [-0.05, 0) is 25.3 Å². The summed E-state index contributed by atoms with van der Waals surface area (Å²) in [5.74, 6) is 0.781. The first-order chi connectivity index (χ1) is 12.2. The lowest BCUT2D eigenvalue weighted by Crippen LogP contribution is -2.56. The molecule has 1 heterocycles. The van der Waals surface area contributed by atoms with Gasteiger partial charge in [0, 0.05) is 50.4 Å². The zero-order chi connectivity index (χ0) is 17.6. The maximum Gasteiger partial charge on any atom is 0.162 e. The third kappa shape index (κ3) is 4.46. The van der Waals surface area contributed by atoms with Crippen LogP contribution in [0.25, 0.3) is 0 Å². The van der Waals surface area contributed by atoms with Gasteiger partial charge in [0.1, 0.15) is 0 Å². The average molecular weight is 348 g/mol. The topological polar surface area (TPSA) is 56.2 Å². The average Bonchev–Trinajstić information content (AvgIpc) is 2.65. The van der Waals surface area contributed by atoms with E-state index in [-0.39, 0.29) is 12.4 Å². The highest BCUT2D eigenvalue weighted by atomic mass is 16.5. The van der Waals surface area contributed by atoms with Gasteiger partial charge in [0.15, 0.2) is 11.5 Å². The van der Waals surface area contributed by atoms with Crippen LogP contribution in [0.4, 0.5) is 0 Å². The molecule has 3 rings (SSSR count). The fourth-order valence-corrected chi connectivity index (χ4v) is 4.48. The normalized spacial score (nSPS) is 23.7. The van der Waals surface area contributed by atoms with Crippen LogP contribution in [0.5, 0.6) is 11.5 Å². The third-order valence-electron chi connectivity index (χ3n) is 5.81. The number of rotatable bonds is 6. The lowest BCUT2D eigenvalue weighted by molar-refractivity contribution is 0.0134. The van der Waals surface area contributed by atoms with Gasteiger partial charge in [-0.15, -0.1) is 0 Å². The smallest absolute Gasteiger partial charge is 0.162 e. The Morgan fingerprint density at radius 2 is 1.96 bits per heavy atom. The highest BCUT2D eigenvalue weighted by molar-refractivity contribution is 5.45. The van der Waals surface area contributed by atoms with Crippen LogP contribution in [0.2, 0.25) is 0 Å². The standard InChI is InChI=1S/C20H32N2O3/c1-25-19-9-5-6-16(20(19)24)14-21-11-12-22(18(15-21)10-13-23)17-7-3-2-4-8-17/h5-6,9,17-18,23-24H,2-4,7-8,10-15H2,1H3. The van der Waals surface area contributed by atoms with Crippen LogP contribution in [0.15, 0.2) is 18.2 Å². The number of aliphatic hydroxyl groups is 1. The number of hydrogen-bond acceptors (Lipinski definition) is 5. The number of aliphatic hydroxyl groups excluding tert-OH is 1. The van der Waals surface area contributed by atoms with Crippen molar-refractivity contribution in [3.63, 3.8) is 0 Å². The molecule has 0 radical (unpaired) electrons. The van der Waals surface area contributed by atoms with Gasteiger partial charge in [0.05, 0.1) is 7.11 Å². The number of aromatic hydroxyl groups is 1. The monoisotopic (exact) mass is 348 g/mol. The number of hydrogen-bond donors (Lipinski definition) is 2. The molecule has 2 fully saturated rings. The summed E-state index contributed by atoms with van der Waals surface area (Å²) in [7, 11) is 1.58. The van der Waals surface area contributed by atoms with Crippen LogP contribution in [0.1, 0.15) is 44.1 Å². The second-order valence-corrected chi connectivity index (χ2v) is 7.40. The maximum absolute atomic E-state index is 10.3. The zero-order valence-electron chi connectivity index (χ0n) is 15.4. The van der Waals surface area contributed by atoms with Crippen molar-refractivity contribution in [1.82, 2.24) is 9.80 Å². The molecule has 140 valence electrons. The largest absolute Gasteiger partial charge is 0.504 e. The van der Waals surface area contributed by atoms with Crippen LogP contribution in [0, 0.1) is 0 Å². The second-order valence-electron chi connectivity index (χ2n) is 7.40. The van der Waals surface area contributed by atoms with E-state index in [0.29, 0.717) is 17.8 Å². The van der Waals surface area contributed by atoms with Crippen molar-refractivity contribution in [1.29, 1.82) is 0 Å². The molecule has 1 atom stereocenters. The summed E-state index contributed by atoms with van der Waals surface area (Å²) in [5, 5.41) is 19.9. The molecule has 0 bridgehead atoms. The Hall–Kier alpha value is -1.30. The van der Waals surface area contributed by atoms with E-state index in [1.165, 1.54) is 32.1 Å². The number of benzene rings is 1. The highest BCUT2D eigenvalue weighted by Gasteiger charge is 2.32. The Balaban J connectivity index is 1.65. The molecule has 1 unspecified atom stereocenters. The lowest BCUT2D eigenvalue weighted by Gasteiger charge is -2.46. The molecular formula is C20H32N2O3. The number of ether oxygens (including phenoxy) is 1. The van der Waals surface area contributed by atoms with E-state index in [1.807, 2.05) is 12.1 Å². The van der Waals surface area contributed by atoms with E-state index < -0.39 is 0 Å². The molecule has 1 aromatic rings. The SMILES string of the molecule is COc1cccc(CN2CCN(C3CCCCC3)C(CCO)C2)c1O. The van der Waals surface area contributed by atoms with Gasteiger partial charge >= 0.3 is 0 Å². The first-order valence-electron chi connectivity index (χ1n) is 9.66. The summed E-state index contributed by atoms with van der Waals surface area (Å²) in [6.07, 6.45) is 7.49. The summed E-state index contributed by atoms with van der Waals surface area (Å²) >= 11 is 0. The molecule has 1 aliphatic carbocycles. The highest BCUT2D eigenvalue weighted by Crippen LogP contribution is 2.32. The molecule has 2 N–H and O–H groups in total. The number of nitrogens with zero attached hydrogens (tertiary/aromatic N) is 2. The minimum atomic E-state index is 0.242. The Morgan fingerprint density at radius 1 is 1.16 bits per heavy atom. The predicted molar refractivity (Wildman–Crippen MR) is 99.0 cm³/mol. The molecule has 0 aromatic heterocycles. The van der Waals surface area contributed by atoms with Gasteiger partial charge < -0.3 is 14.9 Å². The van der Waals surface area contributed by atoms with Crippen LogP contribution in [-0.2, 0) is 6.54 Å². The van der Waals surface area contributed by atoms with Crippen molar-refractivity contribution in [2.24, 2.45) is 0 Å². The number of para-hydroxylation sites is 1. The van der Waals surface area contributed by atoms with Gasteiger partial charge in [-0.3, -0.25) is 9.80 Å². The van der Waals surface area contributed by atoms with E-state index in [0.717, 1.165) is 38.2 Å². The Labute approximate surface area is 151 Å². The number of methoxy groups -OCH3 is 1. The van der Waals surface area contributed by atoms with Crippen LogP contribution in [0.3, 0.4) is 0 Å². The molecule has 5 heteroatoms. The predicted octanol–water partition coefficient (Wildman–Crippen LogP) is 2.60. The molecule has 2 aliphatic rings. The first kappa shape index (κ1) is 18.5. The molecule has 0 spiro atoms. The molecule has 1 saturated heterocycles. The summed E-state index contributed by atoms with van der Waals surface area (Å²) in [6, 6.07) is 6.78. The third-order valence-corrected chi connectivity index (χ3v) is 5.81. The summed E-state index contributed by atoms with van der Waals surface area (Å²) < 4.78 is 5.22. The van der Waals surface area contributed by atoms with Crippen molar-refractivity contribution in [3.05, 3.63) is 23.8 Å². The van der Waals surface area contributed by atoms with Gasteiger partial charge in [0.25, 0.3) is 0 Å². The van der Waals surface area contributed by atoms with E-state index in [2.05, 4.69) is 9.80 Å². The molecule has 1 aliphatic heterocycles. The van der Waals surface area contributed by atoms with Gasteiger partial charge in [-0.1, -0.05) is 31.4 Å². The van der Waals surface area contributed by atoms with Crippen molar-refractivity contribution < 1.29 is 14.9 Å². The van der Waals surface area contributed by atoms with Gasteiger partial charge in [0.2, 0.25) is 0 Å². The Bertz CT molecular complexity index is 546. The first-order valence-corrected chi connectivity index (χ1v) is 9.66. The van der Waals surface area contributed by atoms with Gasteiger partial charge in [-0.2, -0.15) is 0 Å². The summed E-state index contributed by atoms with van der Waals surface area (Å²) in [6.45, 7) is 3.98. The van der Waals surface area contributed by atoms with Crippen molar-refractivity contribution in [3.8, 4) is 11.5 Å². The van der Waals surface area contributed by atoms with E-state index in [9.17, 15) is 10.2 Å². The van der Waals surface area contributed by atoms with E-state index >= 15 is 0 Å². The molecule has 25 heavy (non-hydrogen) atoms. The van der Waals surface area contributed by atoms with Crippen LogP contribution >= 0.6 is 0 Å². The minimum Gasteiger partial charge on any atom is -0.504 e. The van der Waals surface area contributed by atoms with Crippen LogP contribution < -0.4 is 4.74 Å². The van der Waals surface area contributed by atoms with Crippen molar-refractivity contribution >= 4 is 0 Å². The van der Waals surface area contributed by atoms with E-state index in [1.54, 1.807) is 13.2 Å². The molecule has 1 saturated carbocycles. The Kier molecular flexibility index (Phi) is 6.57. The van der Waals surface area contributed by atoms with Crippen molar-refractivity contribution in [2.75, 3.05) is 33.4 Å². The minimum absolute atomic E-state index is 0.242. The zero-order valence-corrected chi connectivity index (χ0v) is 15.4. The fraction of sp³-hybridized carbons (Fsp3) is 0.700. The van der Waals surface area contributed by atoms with E-state index in [4.69, 9.17) is 4.74 Å². The number of piperazine rings is 1. The van der Waals surface area contributed by atoms with Crippen LogP contribution in [-0.4, -0.2) is 65.4 Å². The maximum atomic E-state index is 10.3. The lowest BCUT2D eigenvalue weighted by atomic mass is 9.91. The fourth-order valence-electron chi connectivity index (χ4n) is 4.48. The second kappa shape index (κ2) is 8.88. The number of phenols is 1. The van der Waals surface area contributed by atoms with Crippen molar-refractivity contribution in [2.45, 2.75) is 57.2 Å². The molecule has 1 aromatic carbocycles. The molecule has 0 amide bonds. The molecule has 5 nitrogen and oxygen atoms in total. The number of phenolic OH excluding ortho intramolecular Hbond substituents is 1.